The Hall–Kier alpha value is -2.90. The molecular weight excluding hydrogens is 979 g/mol. The van der Waals surface area contributed by atoms with Crippen molar-refractivity contribution in [2.75, 3.05) is 19.8 Å². The van der Waals surface area contributed by atoms with E-state index in [0.717, 1.165) is 89.9 Å². The number of carbonyl (C=O) groups is 2. The van der Waals surface area contributed by atoms with Crippen molar-refractivity contribution >= 4 is 11.9 Å². The van der Waals surface area contributed by atoms with Gasteiger partial charge in [0.1, 0.15) is 24.4 Å². The summed E-state index contributed by atoms with van der Waals surface area (Å²) in [5.41, 5.74) is 0. The monoisotopic (exact) mass is 1100 g/mol. The Morgan fingerprint density at radius 2 is 0.910 bits per heavy atom. The zero-order chi connectivity index (χ0) is 56.6. The van der Waals surface area contributed by atoms with Crippen LogP contribution in [0.2, 0.25) is 0 Å². The van der Waals surface area contributed by atoms with E-state index in [9.17, 15) is 35.1 Å². The highest BCUT2D eigenvalue weighted by molar-refractivity contribution is 5.76. The molecule has 7 atom stereocenters. The second-order valence-corrected chi connectivity index (χ2v) is 22.1. The van der Waals surface area contributed by atoms with Crippen LogP contribution in [0.5, 0.6) is 0 Å². The number of allylic oxidation sites excluding steroid dienone is 11. The number of unbranched alkanes of at least 4 members (excludes halogenated alkanes) is 31. The second-order valence-electron chi connectivity index (χ2n) is 22.1. The van der Waals surface area contributed by atoms with E-state index in [1.54, 1.807) is 6.08 Å². The van der Waals surface area contributed by atoms with Gasteiger partial charge in [-0.05, 0) is 109 Å². The maximum Gasteiger partial charge on any atom is 0.305 e. The van der Waals surface area contributed by atoms with E-state index in [1.165, 1.54) is 161 Å². The third kappa shape index (κ3) is 44.8. The molecule has 7 unspecified atom stereocenters. The number of aliphatic hydroxyl groups excluding tert-OH is 5. The van der Waals surface area contributed by atoms with Crippen molar-refractivity contribution in [3.05, 3.63) is 72.9 Å². The van der Waals surface area contributed by atoms with Gasteiger partial charge >= 0.3 is 5.97 Å². The van der Waals surface area contributed by atoms with Crippen molar-refractivity contribution in [2.24, 2.45) is 0 Å². The van der Waals surface area contributed by atoms with Crippen LogP contribution in [-0.4, -0.2) is 100 Å². The minimum absolute atomic E-state index is 0.00964. The Bertz CT molecular complexity index is 1520. The van der Waals surface area contributed by atoms with Gasteiger partial charge in [0, 0.05) is 12.8 Å². The van der Waals surface area contributed by atoms with E-state index in [0.29, 0.717) is 19.4 Å². The summed E-state index contributed by atoms with van der Waals surface area (Å²) in [5.74, 6) is -0.212. The Balaban J connectivity index is 2.00. The number of esters is 1. The molecule has 1 fully saturated rings. The first-order chi connectivity index (χ1) is 38.2. The van der Waals surface area contributed by atoms with Gasteiger partial charge in [-0.15, -0.1) is 0 Å². The topological polar surface area (TPSA) is 175 Å². The van der Waals surface area contributed by atoms with Gasteiger partial charge in [-0.2, -0.15) is 0 Å². The van der Waals surface area contributed by atoms with Gasteiger partial charge in [0.05, 0.1) is 32.0 Å². The fourth-order valence-corrected chi connectivity index (χ4v) is 9.67. The molecule has 0 aromatic heterocycles. The van der Waals surface area contributed by atoms with E-state index >= 15 is 0 Å². The third-order valence-corrected chi connectivity index (χ3v) is 14.8. The third-order valence-electron chi connectivity index (χ3n) is 14.8. The van der Waals surface area contributed by atoms with E-state index in [4.69, 9.17) is 14.2 Å². The second kappa shape index (κ2) is 56.0. The van der Waals surface area contributed by atoms with Crippen LogP contribution in [0.25, 0.3) is 0 Å². The molecule has 452 valence electrons. The lowest BCUT2D eigenvalue weighted by atomic mass is 9.99. The van der Waals surface area contributed by atoms with Crippen LogP contribution in [0, 0.1) is 0 Å². The molecule has 1 heterocycles. The highest BCUT2D eigenvalue weighted by atomic mass is 16.7. The molecule has 11 nitrogen and oxygen atoms in total. The summed E-state index contributed by atoms with van der Waals surface area (Å²) in [6.07, 6.45) is 64.6. The van der Waals surface area contributed by atoms with E-state index in [2.05, 4.69) is 79.9 Å². The van der Waals surface area contributed by atoms with Crippen molar-refractivity contribution in [2.45, 2.75) is 320 Å². The van der Waals surface area contributed by atoms with Crippen LogP contribution < -0.4 is 5.32 Å². The van der Waals surface area contributed by atoms with Crippen molar-refractivity contribution in [1.82, 2.24) is 5.32 Å². The standard InChI is InChI=1S/C67H119NO10/c1-3-5-7-9-11-13-15-31-35-39-43-47-51-55-63(72)76-56-52-48-44-40-36-33-30-28-26-24-22-20-18-16-17-19-21-23-25-27-29-32-34-38-42-46-50-54-62(71)68-59(58-77-67-66(75)65(74)64(73)61(57-69)78-67)60(70)53-49-45-41-37-14-12-10-8-6-4-2/h6,8,13-17,20,22,37,49,53,59-61,64-67,69-70,73-75H,3-5,7,9-12,18-19,21,23-36,38-48,50-52,54-58H2,1-2H3,(H,68,71)/b8-6+,15-13-,17-16-,22-20-,37-14+,53-49+. The minimum atomic E-state index is -1.58. The summed E-state index contributed by atoms with van der Waals surface area (Å²) in [4.78, 5) is 25.0. The molecule has 0 aromatic rings. The molecule has 11 heteroatoms. The van der Waals surface area contributed by atoms with Crippen LogP contribution in [0.15, 0.2) is 72.9 Å². The Labute approximate surface area is 477 Å². The van der Waals surface area contributed by atoms with Gasteiger partial charge in [-0.1, -0.05) is 228 Å². The smallest absolute Gasteiger partial charge is 0.305 e. The van der Waals surface area contributed by atoms with Crippen molar-refractivity contribution in [3.63, 3.8) is 0 Å². The fourth-order valence-electron chi connectivity index (χ4n) is 9.67. The number of amides is 1. The number of ether oxygens (including phenoxy) is 3. The van der Waals surface area contributed by atoms with Gasteiger partial charge in [0.25, 0.3) is 0 Å². The molecule has 0 aliphatic carbocycles. The quantitative estimate of drug-likeness (QED) is 0.0195. The van der Waals surface area contributed by atoms with Gasteiger partial charge < -0.3 is 45.1 Å². The van der Waals surface area contributed by atoms with Gasteiger partial charge in [0.2, 0.25) is 5.91 Å². The summed E-state index contributed by atoms with van der Waals surface area (Å²) < 4.78 is 16.7. The molecule has 0 aromatic carbocycles. The zero-order valence-corrected chi connectivity index (χ0v) is 49.9. The van der Waals surface area contributed by atoms with Crippen LogP contribution >= 0.6 is 0 Å². The Kier molecular flexibility index (Phi) is 52.5. The van der Waals surface area contributed by atoms with Crippen LogP contribution in [-0.2, 0) is 23.8 Å². The van der Waals surface area contributed by atoms with Gasteiger partial charge in [-0.25, -0.2) is 0 Å². The van der Waals surface area contributed by atoms with Crippen molar-refractivity contribution < 1.29 is 49.3 Å². The van der Waals surface area contributed by atoms with Gasteiger partial charge in [0.15, 0.2) is 6.29 Å². The summed E-state index contributed by atoms with van der Waals surface area (Å²) in [6.45, 7) is 4.18. The zero-order valence-electron chi connectivity index (χ0n) is 49.9. The predicted molar refractivity (Wildman–Crippen MR) is 324 cm³/mol. The maximum atomic E-state index is 13.0. The largest absolute Gasteiger partial charge is 0.466 e. The number of aliphatic hydroxyl groups is 5. The normalized spacial score (nSPS) is 19.0. The first-order valence-electron chi connectivity index (χ1n) is 32.2. The molecule has 0 bridgehead atoms. The first-order valence-corrected chi connectivity index (χ1v) is 32.2. The molecule has 1 saturated heterocycles. The molecule has 6 N–H and O–H groups in total. The minimum Gasteiger partial charge on any atom is -0.466 e. The summed E-state index contributed by atoms with van der Waals surface area (Å²) in [6, 6.07) is -0.838. The molecule has 0 radical (unpaired) electrons. The van der Waals surface area contributed by atoms with Crippen LogP contribution in [0.4, 0.5) is 0 Å². The maximum absolute atomic E-state index is 13.0. The predicted octanol–water partition coefficient (Wildman–Crippen LogP) is 15.6. The number of hydrogen-bond acceptors (Lipinski definition) is 10. The average molecular weight is 1100 g/mol. The first kappa shape index (κ1) is 73.1. The molecule has 1 rings (SSSR count). The van der Waals surface area contributed by atoms with E-state index in [1.807, 2.05) is 6.08 Å². The summed E-state index contributed by atoms with van der Waals surface area (Å²) in [5, 5.41) is 54.2. The summed E-state index contributed by atoms with van der Waals surface area (Å²) in [7, 11) is 0. The number of hydrogen-bond donors (Lipinski definition) is 6. The lowest BCUT2D eigenvalue weighted by Gasteiger charge is -2.40. The summed E-state index contributed by atoms with van der Waals surface area (Å²) >= 11 is 0. The molecular formula is C67H119NO10. The molecule has 0 saturated carbocycles. The van der Waals surface area contributed by atoms with Crippen LogP contribution in [0.1, 0.15) is 277 Å². The molecule has 1 aliphatic heterocycles. The number of carbonyl (C=O) groups excluding carboxylic acids is 2. The Morgan fingerprint density at radius 1 is 0.487 bits per heavy atom. The van der Waals surface area contributed by atoms with E-state index in [-0.39, 0.29) is 18.5 Å². The molecule has 0 spiro atoms. The lowest BCUT2D eigenvalue weighted by Crippen LogP contribution is -2.60. The van der Waals surface area contributed by atoms with E-state index < -0.39 is 49.5 Å². The van der Waals surface area contributed by atoms with Gasteiger partial charge in [-0.3, -0.25) is 9.59 Å². The highest BCUT2D eigenvalue weighted by Gasteiger charge is 2.44. The molecule has 78 heavy (non-hydrogen) atoms. The molecule has 1 aliphatic rings. The molecule has 1 amide bonds. The van der Waals surface area contributed by atoms with Crippen molar-refractivity contribution in [1.29, 1.82) is 0 Å². The average Bonchev–Trinajstić information content (AvgIpc) is 3.44. The lowest BCUT2D eigenvalue weighted by molar-refractivity contribution is -0.302. The SMILES string of the molecule is CC/C=C/CC/C=C/CC/C=C/C(O)C(COC1OC(CO)C(O)C(O)C1O)NC(=O)CCCCCCCCCCCCC/C=C\C/C=C\CCCCCCCCCCCOC(=O)CCCCCCC/C=C\CCCCCC. The fraction of sp³-hybridized carbons (Fsp3) is 0.791. The highest BCUT2D eigenvalue weighted by Crippen LogP contribution is 2.23. The van der Waals surface area contributed by atoms with Crippen molar-refractivity contribution in [3.8, 4) is 0 Å². The number of nitrogens with one attached hydrogen (secondary N) is 1. The number of rotatable bonds is 55. The van der Waals surface area contributed by atoms with Crippen LogP contribution in [0.3, 0.4) is 0 Å². The Morgan fingerprint density at radius 3 is 1.41 bits per heavy atom.